The first-order valence-corrected chi connectivity index (χ1v) is 17.0. The van der Waals surface area contributed by atoms with Gasteiger partial charge in [-0.1, -0.05) is 84.9 Å². The molecule has 242 valence electrons. The highest BCUT2D eigenvalue weighted by Crippen LogP contribution is 2.37. The fourth-order valence-corrected chi connectivity index (χ4v) is 7.17. The van der Waals surface area contributed by atoms with Gasteiger partial charge in [-0.2, -0.15) is 0 Å². The molecule has 1 aromatic heterocycles. The van der Waals surface area contributed by atoms with Crippen LogP contribution >= 0.6 is 0 Å². The molecule has 0 spiro atoms. The van der Waals surface area contributed by atoms with E-state index in [1.807, 2.05) is 6.07 Å². The number of aryl methyl sites for hydroxylation is 2. The Balaban J connectivity index is 1.24. The lowest BCUT2D eigenvalue weighted by Gasteiger charge is -2.13. The summed E-state index contributed by atoms with van der Waals surface area (Å²) in [5, 5.41) is 2.31. The topological polar surface area (TPSA) is 58.7 Å². The highest BCUT2D eigenvalue weighted by Gasteiger charge is 2.30. The van der Waals surface area contributed by atoms with Crippen LogP contribution in [0.3, 0.4) is 0 Å². The van der Waals surface area contributed by atoms with Gasteiger partial charge in [0.1, 0.15) is 11.3 Å². The van der Waals surface area contributed by atoms with Crippen molar-refractivity contribution in [3.05, 3.63) is 182 Å². The van der Waals surface area contributed by atoms with Crippen LogP contribution in [0.5, 0.6) is 0 Å². The number of quaternary nitrogens is 1. The number of allylic oxidation sites excluding steroid dienone is 9. The van der Waals surface area contributed by atoms with Gasteiger partial charge in [0.05, 0.1) is 17.1 Å². The van der Waals surface area contributed by atoms with Crippen molar-refractivity contribution < 1.29 is 10.3 Å². The van der Waals surface area contributed by atoms with Gasteiger partial charge in [0, 0.05) is 48.4 Å². The molecule has 4 heterocycles. The van der Waals surface area contributed by atoms with Crippen LogP contribution in [0.25, 0.3) is 28.3 Å². The number of aliphatic imine (C=N–C) groups is 1. The lowest BCUT2D eigenvalue weighted by molar-refractivity contribution is -0.544. The normalized spacial score (nSPS) is 18.1. The van der Waals surface area contributed by atoms with Gasteiger partial charge in [-0.3, -0.25) is 5.32 Å². The number of benzene rings is 3. The Morgan fingerprint density at radius 3 is 1.90 bits per heavy atom. The summed E-state index contributed by atoms with van der Waals surface area (Å²) >= 11 is 0. The zero-order valence-electron chi connectivity index (χ0n) is 29.5. The Hall–Kier alpha value is -5.58. The number of hydrogen-bond donors (Lipinski definition) is 3. The number of nitrogens with one attached hydrogen (secondary N) is 2. The molecular formula is C45H44N4+2. The predicted molar refractivity (Wildman–Crippen MR) is 206 cm³/mol. The molecule has 4 heteroatoms. The fourth-order valence-electron chi connectivity index (χ4n) is 7.17. The molecular weight excluding hydrogens is 597 g/mol. The second-order valence-electron chi connectivity index (χ2n) is 13.5. The Morgan fingerprint density at radius 1 is 0.694 bits per heavy atom. The second-order valence-corrected chi connectivity index (χ2v) is 13.5. The lowest BCUT2D eigenvalue weighted by Crippen LogP contribution is -2.79. The SMILES string of the molecule is CC1=CC(C)=C(/C(=C2/[NH+]=C(C)C=C2C)c2ccc(-c3ccc(/C(=C4N=C(/C=C/c5ccccc5)C=C/4C)c4[nH]c(C)cc4C)cc3)cc2)[NH2+]1. The van der Waals surface area contributed by atoms with E-state index in [1.165, 1.54) is 61.8 Å². The molecule has 4 aromatic rings. The average molecular weight is 641 g/mol. The number of nitrogens with two attached hydrogens (primary N) is 1. The smallest absolute Gasteiger partial charge is 0.220 e. The van der Waals surface area contributed by atoms with Gasteiger partial charge in [0.25, 0.3) is 0 Å². The molecule has 3 aromatic carbocycles. The van der Waals surface area contributed by atoms with Crippen molar-refractivity contribution in [1.82, 2.24) is 4.98 Å². The number of aromatic nitrogens is 1. The number of rotatable bonds is 7. The molecule has 4 nitrogen and oxygen atoms in total. The highest BCUT2D eigenvalue weighted by molar-refractivity contribution is 6.11. The van der Waals surface area contributed by atoms with Gasteiger partial charge in [-0.05, 0) is 91.8 Å². The summed E-state index contributed by atoms with van der Waals surface area (Å²) in [6.45, 7) is 15.1. The molecule has 0 radical (unpaired) electrons. The Morgan fingerprint density at radius 2 is 1.35 bits per heavy atom. The zero-order valence-corrected chi connectivity index (χ0v) is 29.5. The largest absolute Gasteiger partial charge is 0.358 e. The van der Waals surface area contributed by atoms with Crippen LogP contribution < -0.4 is 10.3 Å². The molecule has 4 N–H and O–H groups in total. The van der Waals surface area contributed by atoms with Crippen LogP contribution in [0.2, 0.25) is 0 Å². The quantitative estimate of drug-likeness (QED) is 0.183. The summed E-state index contributed by atoms with van der Waals surface area (Å²) in [5.74, 6) is 0. The number of nitrogens with zero attached hydrogens (tertiary/aromatic N) is 1. The maximum Gasteiger partial charge on any atom is 0.220 e. The average Bonchev–Trinajstić information content (AvgIpc) is 3.83. The first-order valence-electron chi connectivity index (χ1n) is 17.0. The van der Waals surface area contributed by atoms with Gasteiger partial charge in [0.2, 0.25) is 5.70 Å². The van der Waals surface area contributed by atoms with E-state index in [0.29, 0.717) is 0 Å². The van der Waals surface area contributed by atoms with Gasteiger partial charge < -0.3 is 4.98 Å². The fraction of sp³-hybridized carbons (Fsp3) is 0.156. The van der Waals surface area contributed by atoms with Crippen LogP contribution in [0, 0.1) is 13.8 Å². The van der Waals surface area contributed by atoms with E-state index >= 15 is 0 Å². The van der Waals surface area contributed by atoms with Crippen molar-refractivity contribution in [2.45, 2.75) is 48.5 Å². The minimum atomic E-state index is 0.958. The van der Waals surface area contributed by atoms with Gasteiger partial charge >= 0.3 is 0 Å². The molecule has 3 aliphatic heterocycles. The van der Waals surface area contributed by atoms with Crippen LogP contribution in [0.15, 0.2) is 154 Å². The third-order valence-electron chi connectivity index (χ3n) is 9.45. The molecule has 0 unspecified atom stereocenters. The van der Waals surface area contributed by atoms with Crippen molar-refractivity contribution in [2.75, 3.05) is 0 Å². The maximum atomic E-state index is 5.15. The summed E-state index contributed by atoms with van der Waals surface area (Å²) < 4.78 is 0. The van der Waals surface area contributed by atoms with E-state index in [2.05, 4.69) is 173 Å². The summed E-state index contributed by atoms with van der Waals surface area (Å²) in [7, 11) is 0. The van der Waals surface area contributed by atoms with E-state index in [-0.39, 0.29) is 0 Å². The van der Waals surface area contributed by atoms with E-state index in [0.717, 1.165) is 45.1 Å². The number of hydrogen-bond acceptors (Lipinski definition) is 1. The van der Waals surface area contributed by atoms with Crippen LogP contribution in [0.4, 0.5) is 0 Å². The van der Waals surface area contributed by atoms with E-state index in [1.54, 1.807) is 0 Å². The molecule has 0 saturated carbocycles. The van der Waals surface area contributed by atoms with Gasteiger partial charge in [-0.15, -0.1) is 0 Å². The number of H-pyrrole nitrogens is 1. The lowest BCUT2D eigenvalue weighted by atomic mass is 9.92. The summed E-state index contributed by atoms with van der Waals surface area (Å²) in [6, 6.07) is 30.5. The molecule has 49 heavy (non-hydrogen) atoms. The molecule has 3 aliphatic rings. The molecule has 0 saturated heterocycles. The van der Waals surface area contributed by atoms with Crippen LogP contribution in [0.1, 0.15) is 68.3 Å². The molecule has 0 bridgehead atoms. The molecule has 7 rings (SSSR count). The zero-order chi connectivity index (χ0) is 34.2. The third kappa shape index (κ3) is 6.48. The monoisotopic (exact) mass is 640 g/mol. The summed E-state index contributed by atoms with van der Waals surface area (Å²) in [5.41, 5.74) is 22.4. The minimum Gasteiger partial charge on any atom is -0.358 e. The summed E-state index contributed by atoms with van der Waals surface area (Å²) in [6.07, 6.45) is 10.9. The predicted octanol–water partition coefficient (Wildman–Crippen LogP) is 8.14. The highest BCUT2D eigenvalue weighted by atomic mass is 14.9. The Labute approximate surface area is 290 Å². The maximum absolute atomic E-state index is 5.15. The molecule has 0 atom stereocenters. The molecule has 0 amide bonds. The summed E-state index contributed by atoms with van der Waals surface area (Å²) in [4.78, 5) is 12.4. The van der Waals surface area contributed by atoms with Gasteiger partial charge in [0.15, 0.2) is 11.4 Å². The van der Waals surface area contributed by atoms with Crippen molar-refractivity contribution in [2.24, 2.45) is 4.99 Å². The van der Waals surface area contributed by atoms with E-state index in [4.69, 9.17) is 4.99 Å². The van der Waals surface area contributed by atoms with E-state index < -0.39 is 0 Å². The second kappa shape index (κ2) is 13.1. The van der Waals surface area contributed by atoms with Crippen molar-refractivity contribution in [3.63, 3.8) is 0 Å². The van der Waals surface area contributed by atoms with Crippen molar-refractivity contribution in [1.29, 1.82) is 0 Å². The first-order chi connectivity index (χ1) is 23.6. The van der Waals surface area contributed by atoms with Gasteiger partial charge in [-0.25, -0.2) is 9.98 Å². The number of aromatic amines is 1. The van der Waals surface area contributed by atoms with Crippen molar-refractivity contribution in [3.8, 4) is 11.1 Å². The standard InChI is InChI=1S/C45H42N4/c1-27-23-31(5)46-42(27)40(43-28(2)24-32(6)47-43)37-18-14-35(15-19-37)36-16-20-38(21-17-36)41(44-29(3)25-33(7)48-44)45-30(4)26-39(49-45)22-13-34-11-9-8-10-12-34/h8-26,46,48H,1-7H3/p+2/b22-13+,43-40+,45-41-. The Bertz CT molecular complexity index is 2250. The Kier molecular flexibility index (Phi) is 8.58. The third-order valence-corrected chi connectivity index (χ3v) is 9.45. The first kappa shape index (κ1) is 32.0. The molecule has 0 fully saturated rings. The van der Waals surface area contributed by atoms with Crippen LogP contribution in [-0.4, -0.2) is 16.4 Å². The molecule has 0 aliphatic carbocycles. The van der Waals surface area contributed by atoms with Crippen molar-refractivity contribution >= 4 is 28.6 Å². The van der Waals surface area contributed by atoms with Crippen LogP contribution in [-0.2, 0) is 0 Å². The minimum absolute atomic E-state index is 0.958. The van der Waals surface area contributed by atoms with E-state index in [9.17, 15) is 0 Å².